The van der Waals surface area contributed by atoms with Crippen LogP contribution in [0.5, 0.6) is 0 Å². The number of alkyl halides is 1. The van der Waals surface area contributed by atoms with E-state index in [1.807, 2.05) is 17.0 Å². The fraction of sp³-hybridized carbons (Fsp3) is 0.350. The molecule has 1 aliphatic heterocycles. The Hall–Kier alpha value is -3.01. The molecule has 2 heterocycles. The third-order valence-corrected chi connectivity index (χ3v) is 4.96. The molecule has 1 saturated heterocycles. The van der Waals surface area contributed by atoms with E-state index in [4.69, 9.17) is 4.52 Å². The van der Waals surface area contributed by atoms with E-state index in [1.165, 1.54) is 12.2 Å². The molecule has 4 rings (SSSR count). The van der Waals surface area contributed by atoms with Crippen molar-refractivity contribution in [3.8, 4) is 17.5 Å². The second-order valence-electron chi connectivity index (χ2n) is 6.75. The van der Waals surface area contributed by atoms with Gasteiger partial charge in [0.05, 0.1) is 11.3 Å². The normalized spacial score (nSPS) is 20.4. The van der Waals surface area contributed by atoms with Crippen molar-refractivity contribution in [3.05, 3.63) is 53.6 Å². The Bertz CT molecular complexity index is 936. The molecule has 2 aliphatic rings. The first-order valence-electron chi connectivity index (χ1n) is 8.95. The summed E-state index contributed by atoms with van der Waals surface area (Å²) in [6, 6.07) is 7.58. The molecule has 5 nitrogen and oxygen atoms in total. The zero-order valence-corrected chi connectivity index (χ0v) is 14.6. The van der Waals surface area contributed by atoms with Crippen LogP contribution >= 0.6 is 0 Å². The summed E-state index contributed by atoms with van der Waals surface area (Å²) in [6.45, 7) is 1.19. The summed E-state index contributed by atoms with van der Waals surface area (Å²) in [4.78, 5) is 6.44. The van der Waals surface area contributed by atoms with Gasteiger partial charge in [-0.1, -0.05) is 11.2 Å². The van der Waals surface area contributed by atoms with E-state index in [2.05, 4.69) is 16.2 Å². The summed E-state index contributed by atoms with van der Waals surface area (Å²) in [5.74, 6) is 0.413. The monoisotopic (exact) mass is 368 g/mol. The number of aromatic nitrogens is 2. The van der Waals surface area contributed by atoms with E-state index < -0.39 is 6.17 Å². The number of rotatable bonds is 3. The quantitative estimate of drug-likeness (QED) is 0.801. The summed E-state index contributed by atoms with van der Waals surface area (Å²) >= 11 is 0. The lowest BCUT2D eigenvalue weighted by molar-refractivity contribution is 0.277. The average molecular weight is 368 g/mol. The van der Waals surface area contributed by atoms with Gasteiger partial charge in [0.15, 0.2) is 5.82 Å². The Kier molecular flexibility index (Phi) is 4.71. The summed E-state index contributed by atoms with van der Waals surface area (Å²) in [5.41, 5.74) is 1.94. The number of benzene rings is 1. The van der Waals surface area contributed by atoms with Gasteiger partial charge in [0, 0.05) is 24.6 Å². The minimum Gasteiger partial charge on any atom is -0.370 e. The lowest BCUT2D eigenvalue weighted by Crippen LogP contribution is -2.34. The van der Waals surface area contributed by atoms with Crippen LogP contribution in [0.3, 0.4) is 0 Å². The molecule has 0 N–H and O–H groups in total. The van der Waals surface area contributed by atoms with Gasteiger partial charge in [-0.15, -0.1) is 0 Å². The number of piperidine rings is 1. The molecule has 27 heavy (non-hydrogen) atoms. The lowest BCUT2D eigenvalue weighted by Gasteiger charge is -2.31. The number of nitriles is 1. The average Bonchev–Trinajstić information content (AvgIpc) is 3.19. The van der Waals surface area contributed by atoms with Crippen molar-refractivity contribution >= 4 is 5.69 Å². The minimum absolute atomic E-state index is 0.126. The number of halogens is 2. The van der Waals surface area contributed by atoms with Crippen LogP contribution in [0.2, 0.25) is 0 Å². The van der Waals surface area contributed by atoms with E-state index in [-0.39, 0.29) is 11.7 Å². The molecule has 1 aromatic heterocycles. The maximum absolute atomic E-state index is 13.4. The highest BCUT2D eigenvalue weighted by molar-refractivity contribution is 5.67. The maximum Gasteiger partial charge on any atom is 0.257 e. The highest BCUT2D eigenvalue weighted by Gasteiger charge is 2.22. The largest absolute Gasteiger partial charge is 0.370 e. The fourth-order valence-corrected chi connectivity index (χ4v) is 3.41. The lowest BCUT2D eigenvalue weighted by atomic mass is 10.00. The minimum atomic E-state index is -0.764. The molecule has 0 spiro atoms. The predicted molar refractivity (Wildman–Crippen MR) is 96.5 cm³/mol. The van der Waals surface area contributed by atoms with Crippen LogP contribution < -0.4 is 4.90 Å². The third kappa shape index (κ3) is 3.61. The van der Waals surface area contributed by atoms with E-state index in [1.54, 1.807) is 12.1 Å². The number of anilines is 1. The molecule has 0 amide bonds. The maximum atomic E-state index is 13.4. The first kappa shape index (κ1) is 17.4. The summed E-state index contributed by atoms with van der Waals surface area (Å²) < 4.78 is 31.8. The molecule has 1 aromatic carbocycles. The molecule has 1 unspecified atom stereocenters. The van der Waals surface area contributed by atoms with Gasteiger partial charge in [-0.05, 0) is 49.6 Å². The molecule has 1 aliphatic carbocycles. The van der Waals surface area contributed by atoms with Gasteiger partial charge >= 0.3 is 0 Å². The number of hydrogen-bond donors (Lipinski definition) is 0. The molecule has 138 valence electrons. The van der Waals surface area contributed by atoms with Gasteiger partial charge in [0.2, 0.25) is 0 Å². The Morgan fingerprint density at radius 1 is 1.26 bits per heavy atom. The van der Waals surface area contributed by atoms with Crippen molar-refractivity contribution in [2.45, 2.75) is 31.4 Å². The van der Waals surface area contributed by atoms with Gasteiger partial charge in [0.25, 0.3) is 5.89 Å². The van der Waals surface area contributed by atoms with Gasteiger partial charge in [-0.3, -0.25) is 0 Å². The summed E-state index contributed by atoms with van der Waals surface area (Å²) in [5, 5.41) is 13.5. The van der Waals surface area contributed by atoms with Crippen LogP contribution in [-0.4, -0.2) is 29.4 Å². The summed E-state index contributed by atoms with van der Waals surface area (Å²) in [6.07, 6.45) is 5.26. The molecule has 0 saturated carbocycles. The van der Waals surface area contributed by atoms with Crippen LogP contribution in [-0.2, 0) is 0 Å². The molecule has 2 aromatic rings. The Balaban J connectivity index is 1.56. The Morgan fingerprint density at radius 2 is 2.07 bits per heavy atom. The van der Waals surface area contributed by atoms with Gasteiger partial charge in [-0.25, -0.2) is 8.78 Å². The van der Waals surface area contributed by atoms with E-state index in [0.717, 1.165) is 5.69 Å². The second-order valence-corrected chi connectivity index (χ2v) is 6.75. The predicted octanol–water partition coefficient (Wildman–Crippen LogP) is 4.44. The molecule has 7 heteroatoms. The van der Waals surface area contributed by atoms with Gasteiger partial charge in [0.1, 0.15) is 18.1 Å². The number of hydrogen-bond acceptors (Lipinski definition) is 5. The highest BCUT2D eigenvalue weighted by Crippen LogP contribution is 2.31. The number of nitrogens with zero attached hydrogens (tertiary/aromatic N) is 4. The Morgan fingerprint density at radius 3 is 2.78 bits per heavy atom. The standard InChI is InChI=1S/C20H18F2N4O/c21-16-4-1-13(2-5-16)19-24-20(27-25-19)14-3-6-18(15(11-14)12-23)26-9-7-17(22)8-10-26/h1,3-6,11,13,17H,2,7-10H2. The Labute approximate surface area is 155 Å². The first-order valence-corrected chi connectivity index (χ1v) is 8.95. The molecular formula is C20H18F2N4O. The van der Waals surface area contributed by atoms with Crippen molar-refractivity contribution < 1.29 is 13.3 Å². The van der Waals surface area contributed by atoms with E-state index in [0.29, 0.717) is 55.2 Å². The van der Waals surface area contributed by atoms with Gasteiger partial charge < -0.3 is 9.42 Å². The van der Waals surface area contributed by atoms with Crippen LogP contribution in [0.15, 0.2) is 46.8 Å². The molecular weight excluding hydrogens is 350 g/mol. The molecule has 0 radical (unpaired) electrons. The van der Waals surface area contributed by atoms with Crippen molar-refractivity contribution in [2.75, 3.05) is 18.0 Å². The van der Waals surface area contributed by atoms with Crippen LogP contribution in [0.25, 0.3) is 11.5 Å². The van der Waals surface area contributed by atoms with Gasteiger partial charge in [-0.2, -0.15) is 10.2 Å². The van der Waals surface area contributed by atoms with Crippen LogP contribution in [0, 0.1) is 11.3 Å². The zero-order chi connectivity index (χ0) is 18.8. The molecule has 0 bridgehead atoms. The SMILES string of the molecule is N#Cc1cc(-c2nc(C3C=CC(F)=CC3)no2)ccc1N1CCC(F)CC1. The smallest absolute Gasteiger partial charge is 0.257 e. The molecule has 1 atom stereocenters. The van der Waals surface area contributed by atoms with Crippen molar-refractivity contribution in [3.63, 3.8) is 0 Å². The topological polar surface area (TPSA) is 66.0 Å². The van der Waals surface area contributed by atoms with Crippen molar-refractivity contribution in [2.24, 2.45) is 0 Å². The zero-order valence-electron chi connectivity index (χ0n) is 14.6. The van der Waals surface area contributed by atoms with Crippen LogP contribution in [0.1, 0.15) is 36.6 Å². The fourth-order valence-electron chi connectivity index (χ4n) is 3.41. The highest BCUT2D eigenvalue weighted by atomic mass is 19.1. The first-order chi connectivity index (χ1) is 13.1. The second kappa shape index (κ2) is 7.31. The van der Waals surface area contributed by atoms with E-state index >= 15 is 0 Å². The van der Waals surface area contributed by atoms with Crippen molar-refractivity contribution in [1.29, 1.82) is 5.26 Å². The van der Waals surface area contributed by atoms with Crippen molar-refractivity contribution in [1.82, 2.24) is 10.1 Å². The summed E-state index contributed by atoms with van der Waals surface area (Å²) in [7, 11) is 0. The van der Waals surface area contributed by atoms with Crippen LogP contribution in [0.4, 0.5) is 14.5 Å². The third-order valence-electron chi connectivity index (χ3n) is 4.96. The molecule has 1 fully saturated rings. The number of allylic oxidation sites excluding steroid dienone is 4. The van der Waals surface area contributed by atoms with E-state index in [9.17, 15) is 14.0 Å².